The Bertz CT molecular complexity index is 158. The number of unbranched alkanes of at least 4 members (excludes halogenated alkanes) is 6. The van der Waals surface area contributed by atoms with Gasteiger partial charge in [0.2, 0.25) is 0 Å². The number of rotatable bonds is 14. The Kier molecular flexibility index (Phi) is 14.2. The summed E-state index contributed by atoms with van der Waals surface area (Å²) in [7, 11) is 0. The van der Waals surface area contributed by atoms with E-state index < -0.39 is 0 Å². The molecule has 0 saturated carbocycles. The van der Waals surface area contributed by atoms with Crippen molar-refractivity contribution in [1.82, 2.24) is 5.32 Å². The van der Waals surface area contributed by atoms with Crippen LogP contribution in [-0.2, 0) is 9.47 Å². The van der Waals surface area contributed by atoms with Crippen molar-refractivity contribution in [2.75, 3.05) is 13.2 Å². The predicted molar refractivity (Wildman–Crippen MR) is 81.2 cm³/mol. The van der Waals surface area contributed by atoms with Crippen molar-refractivity contribution in [3.05, 3.63) is 0 Å². The van der Waals surface area contributed by atoms with Crippen LogP contribution in [0.3, 0.4) is 0 Å². The summed E-state index contributed by atoms with van der Waals surface area (Å²) in [5.74, 6) is 0. The van der Waals surface area contributed by atoms with Gasteiger partial charge in [0.1, 0.15) is 12.5 Å². The molecule has 0 spiro atoms. The fraction of sp³-hybridized carbons (Fsp3) is 1.00. The van der Waals surface area contributed by atoms with E-state index in [-0.39, 0.29) is 12.5 Å². The smallest absolute Gasteiger partial charge is 0.123 e. The molecule has 0 saturated heterocycles. The van der Waals surface area contributed by atoms with E-state index >= 15 is 0 Å². The Morgan fingerprint density at radius 3 is 1.47 bits per heavy atom. The number of hydrogen-bond acceptors (Lipinski definition) is 2. The minimum absolute atomic E-state index is 0.0488. The molecule has 0 aliphatic carbocycles. The zero-order valence-corrected chi connectivity index (χ0v) is 13.5. The Balaban J connectivity index is 3.34. The van der Waals surface area contributed by atoms with Crippen molar-refractivity contribution in [3.63, 3.8) is 0 Å². The summed E-state index contributed by atoms with van der Waals surface area (Å²) in [5, 5.41) is 4.47. The van der Waals surface area contributed by atoms with Gasteiger partial charge < -0.3 is 9.47 Å². The zero-order valence-electron chi connectivity index (χ0n) is 13.5. The number of hydrogen-bond donors (Lipinski definition) is 0. The first kappa shape index (κ1) is 18.9. The highest BCUT2D eigenvalue weighted by molar-refractivity contribution is 4.51. The highest BCUT2D eigenvalue weighted by Crippen LogP contribution is 2.03. The van der Waals surface area contributed by atoms with E-state index in [0.717, 1.165) is 26.1 Å². The van der Waals surface area contributed by atoms with Crippen molar-refractivity contribution in [1.29, 1.82) is 0 Å². The molecular weight excluding hydrogens is 238 g/mol. The standard InChI is InChI=1S/C16H34NO2/c1-5-7-9-11-13-18-15(3)17-16(4)19-14-12-10-8-6-2/h15-16H,5-14H2,1-4H3. The minimum Gasteiger partial charge on any atom is -0.362 e. The fourth-order valence-electron chi connectivity index (χ4n) is 1.95. The average molecular weight is 272 g/mol. The highest BCUT2D eigenvalue weighted by atomic mass is 16.5. The molecule has 2 unspecified atom stereocenters. The van der Waals surface area contributed by atoms with Crippen LogP contribution in [-0.4, -0.2) is 25.7 Å². The first-order chi connectivity index (χ1) is 9.20. The molecule has 0 aliphatic rings. The van der Waals surface area contributed by atoms with Crippen molar-refractivity contribution in [2.24, 2.45) is 0 Å². The Morgan fingerprint density at radius 1 is 0.684 bits per heavy atom. The van der Waals surface area contributed by atoms with Gasteiger partial charge in [-0.3, -0.25) is 0 Å². The maximum atomic E-state index is 5.66. The molecule has 0 bridgehead atoms. The average Bonchev–Trinajstić information content (AvgIpc) is 2.38. The Hall–Kier alpha value is -0.120. The molecule has 3 heteroatoms. The molecular formula is C16H34NO2. The maximum absolute atomic E-state index is 5.66. The van der Waals surface area contributed by atoms with Crippen molar-refractivity contribution >= 4 is 0 Å². The van der Waals surface area contributed by atoms with Crippen LogP contribution in [0, 0.1) is 0 Å². The minimum atomic E-state index is -0.0488. The van der Waals surface area contributed by atoms with Gasteiger partial charge >= 0.3 is 0 Å². The molecule has 1 radical (unpaired) electrons. The largest absolute Gasteiger partial charge is 0.362 e. The molecule has 2 atom stereocenters. The topological polar surface area (TPSA) is 32.6 Å². The molecule has 0 aromatic rings. The van der Waals surface area contributed by atoms with Crippen LogP contribution < -0.4 is 5.32 Å². The summed E-state index contributed by atoms with van der Waals surface area (Å²) in [6, 6.07) is 0. The second-order valence-corrected chi connectivity index (χ2v) is 5.21. The molecule has 0 aromatic carbocycles. The lowest BCUT2D eigenvalue weighted by Gasteiger charge is -2.18. The quantitative estimate of drug-likeness (QED) is 0.437. The van der Waals surface area contributed by atoms with E-state index in [2.05, 4.69) is 19.2 Å². The van der Waals surface area contributed by atoms with Crippen LogP contribution >= 0.6 is 0 Å². The zero-order chi connectivity index (χ0) is 14.3. The van der Waals surface area contributed by atoms with Gasteiger partial charge in [0.05, 0.1) is 0 Å². The second-order valence-electron chi connectivity index (χ2n) is 5.21. The molecule has 0 heterocycles. The van der Waals surface area contributed by atoms with E-state index in [1.807, 2.05) is 13.8 Å². The lowest BCUT2D eigenvalue weighted by Crippen LogP contribution is -2.32. The Morgan fingerprint density at radius 2 is 1.11 bits per heavy atom. The van der Waals surface area contributed by atoms with Gasteiger partial charge in [-0.15, -0.1) is 0 Å². The van der Waals surface area contributed by atoms with Gasteiger partial charge in [0.15, 0.2) is 0 Å². The van der Waals surface area contributed by atoms with Crippen molar-refractivity contribution in [2.45, 2.75) is 91.5 Å². The molecule has 0 amide bonds. The lowest BCUT2D eigenvalue weighted by molar-refractivity contribution is -0.0360. The maximum Gasteiger partial charge on any atom is 0.123 e. The third-order valence-corrected chi connectivity index (χ3v) is 3.13. The monoisotopic (exact) mass is 272 g/mol. The van der Waals surface area contributed by atoms with Crippen molar-refractivity contribution in [3.8, 4) is 0 Å². The summed E-state index contributed by atoms with van der Waals surface area (Å²) in [6.07, 6.45) is 9.82. The second kappa shape index (κ2) is 14.3. The van der Waals surface area contributed by atoms with Crippen LogP contribution in [0.4, 0.5) is 0 Å². The summed E-state index contributed by atoms with van der Waals surface area (Å²) in [4.78, 5) is 0. The first-order valence-electron chi connectivity index (χ1n) is 8.13. The summed E-state index contributed by atoms with van der Waals surface area (Å²) in [5.41, 5.74) is 0. The summed E-state index contributed by atoms with van der Waals surface area (Å²) >= 11 is 0. The third kappa shape index (κ3) is 14.1. The van der Waals surface area contributed by atoms with Gasteiger partial charge in [-0.2, -0.15) is 5.32 Å². The normalized spacial score (nSPS) is 14.5. The Labute approximate surface area is 120 Å². The molecule has 0 aliphatic heterocycles. The molecule has 3 nitrogen and oxygen atoms in total. The number of ether oxygens (including phenoxy) is 2. The van der Waals surface area contributed by atoms with Crippen LogP contribution in [0.5, 0.6) is 0 Å². The van der Waals surface area contributed by atoms with E-state index in [9.17, 15) is 0 Å². The first-order valence-corrected chi connectivity index (χ1v) is 8.13. The van der Waals surface area contributed by atoms with Crippen LogP contribution in [0.1, 0.15) is 79.1 Å². The molecule has 115 valence electrons. The van der Waals surface area contributed by atoms with Crippen LogP contribution in [0.2, 0.25) is 0 Å². The van der Waals surface area contributed by atoms with Gasteiger partial charge in [-0.05, 0) is 26.7 Å². The van der Waals surface area contributed by atoms with E-state index in [4.69, 9.17) is 9.47 Å². The SMILES string of the molecule is CCCCCCOC(C)[N]C(C)OCCCCCC. The van der Waals surface area contributed by atoms with E-state index in [0.29, 0.717) is 0 Å². The molecule has 0 fully saturated rings. The third-order valence-electron chi connectivity index (χ3n) is 3.13. The molecule has 0 aromatic heterocycles. The van der Waals surface area contributed by atoms with Gasteiger partial charge in [-0.25, -0.2) is 0 Å². The fourth-order valence-corrected chi connectivity index (χ4v) is 1.95. The van der Waals surface area contributed by atoms with Crippen LogP contribution in [0.15, 0.2) is 0 Å². The molecule has 19 heavy (non-hydrogen) atoms. The lowest BCUT2D eigenvalue weighted by atomic mass is 10.2. The summed E-state index contributed by atoms with van der Waals surface area (Å²) < 4.78 is 11.3. The van der Waals surface area contributed by atoms with E-state index in [1.165, 1.54) is 38.5 Å². The molecule has 0 N–H and O–H groups in total. The summed E-state index contributed by atoms with van der Waals surface area (Å²) in [6.45, 7) is 10.1. The van der Waals surface area contributed by atoms with Crippen molar-refractivity contribution < 1.29 is 9.47 Å². The number of nitrogens with zero attached hydrogens (tertiary/aromatic N) is 1. The van der Waals surface area contributed by atoms with E-state index in [1.54, 1.807) is 0 Å². The highest BCUT2D eigenvalue weighted by Gasteiger charge is 2.09. The van der Waals surface area contributed by atoms with Gasteiger partial charge in [0, 0.05) is 13.2 Å². The van der Waals surface area contributed by atoms with Crippen LogP contribution in [0.25, 0.3) is 0 Å². The van der Waals surface area contributed by atoms with Gasteiger partial charge in [-0.1, -0.05) is 52.4 Å². The predicted octanol–water partition coefficient (Wildman–Crippen LogP) is 4.48. The van der Waals surface area contributed by atoms with Gasteiger partial charge in [0.25, 0.3) is 0 Å². The molecule has 0 rings (SSSR count).